The highest BCUT2D eigenvalue weighted by Gasteiger charge is 2.21. The number of nitrogens with zero attached hydrogens (tertiary/aromatic N) is 1. The minimum atomic E-state index is 0. The van der Waals surface area contributed by atoms with Crippen molar-refractivity contribution in [3.63, 3.8) is 0 Å². The van der Waals surface area contributed by atoms with Crippen molar-refractivity contribution >= 4 is 5.91 Å². The van der Waals surface area contributed by atoms with Crippen LogP contribution in [-0.2, 0) is 4.79 Å². The van der Waals surface area contributed by atoms with Crippen molar-refractivity contribution in [3.8, 4) is 0 Å². The lowest BCUT2D eigenvalue weighted by molar-refractivity contribution is -0.853. The van der Waals surface area contributed by atoms with E-state index in [4.69, 9.17) is 0 Å². The van der Waals surface area contributed by atoms with Crippen LogP contribution < -0.4 is 17.7 Å². The molecule has 0 heterocycles. The van der Waals surface area contributed by atoms with Crippen LogP contribution in [0.25, 0.3) is 0 Å². The second-order valence-corrected chi connectivity index (χ2v) is 7.33. The highest BCUT2D eigenvalue weighted by molar-refractivity contribution is 5.77. The first-order chi connectivity index (χ1) is 10.9. The maximum absolute atomic E-state index is 11.9. The van der Waals surface area contributed by atoms with Gasteiger partial charge in [0.15, 0.2) is 0 Å². The number of carbonyl (C=O) groups is 1. The monoisotopic (exact) mass is 360 g/mol. The highest BCUT2D eigenvalue weighted by atomic mass is 35.5. The summed E-state index contributed by atoms with van der Waals surface area (Å²) in [5, 5.41) is 2.98. The topological polar surface area (TPSA) is 29.1 Å². The molecule has 0 aliphatic heterocycles. The van der Waals surface area contributed by atoms with E-state index in [9.17, 15) is 4.79 Å². The van der Waals surface area contributed by atoms with Crippen LogP contribution in [0.1, 0.15) is 84.5 Å². The van der Waals surface area contributed by atoms with E-state index in [0.717, 1.165) is 36.1 Å². The standard InChI is InChI=1S/C20H40N2O.ClH/c1-6-8-10-11-12-13-14-15-17-22(4,5)19(3)18-20(23)21-16-9-7-2;/h3,6-18H2,1-2,4-5H3;1H. The van der Waals surface area contributed by atoms with Crippen molar-refractivity contribution < 1.29 is 21.7 Å². The number of halogens is 1. The third-order valence-electron chi connectivity index (χ3n) is 4.64. The van der Waals surface area contributed by atoms with E-state index >= 15 is 0 Å². The lowest BCUT2D eigenvalue weighted by atomic mass is 10.1. The van der Waals surface area contributed by atoms with E-state index in [1.807, 2.05) is 0 Å². The van der Waals surface area contributed by atoms with Crippen LogP contribution in [-0.4, -0.2) is 37.6 Å². The minimum Gasteiger partial charge on any atom is -1.00 e. The Balaban J connectivity index is 0. The van der Waals surface area contributed by atoms with E-state index in [1.54, 1.807) is 0 Å². The molecular weight excluding hydrogens is 320 g/mol. The van der Waals surface area contributed by atoms with Crippen molar-refractivity contribution in [2.24, 2.45) is 0 Å². The fourth-order valence-electron chi connectivity index (χ4n) is 2.67. The molecule has 4 heteroatoms. The molecule has 0 radical (unpaired) electrons. The SMILES string of the molecule is C=C(CC(=O)NCCCC)[N+](C)(C)CCCCCCCCCC.[Cl-]. The summed E-state index contributed by atoms with van der Waals surface area (Å²) in [4.78, 5) is 11.9. The molecule has 0 aliphatic carbocycles. The molecule has 0 fully saturated rings. The van der Waals surface area contributed by atoms with Crippen LogP contribution in [0.2, 0.25) is 0 Å². The Morgan fingerprint density at radius 3 is 1.92 bits per heavy atom. The summed E-state index contributed by atoms with van der Waals surface area (Å²) < 4.78 is 0.761. The smallest absolute Gasteiger partial charge is 0.229 e. The van der Waals surface area contributed by atoms with Gasteiger partial charge in [-0.3, -0.25) is 9.28 Å². The van der Waals surface area contributed by atoms with Crippen LogP contribution in [0.5, 0.6) is 0 Å². The summed E-state index contributed by atoms with van der Waals surface area (Å²) in [7, 11) is 4.34. The molecule has 0 atom stereocenters. The van der Waals surface area contributed by atoms with Crippen LogP contribution in [0, 0.1) is 0 Å². The van der Waals surface area contributed by atoms with E-state index in [-0.39, 0.29) is 18.3 Å². The second-order valence-electron chi connectivity index (χ2n) is 7.33. The molecule has 0 aliphatic rings. The summed E-state index contributed by atoms with van der Waals surface area (Å²) >= 11 is 0. The van der Waals surface area contributed by atoms with Gasteiger partial charge in [0, 0.05) is 6.54 Å². The Hall–Kier alpha value is -0.540. The molecule has 0 aromatic heterocycles. The Bertz CT molecular complexity index is 330. The van der Waals surface area contributed by atoms with Gasteiger partial charge in [0.1, 0.15) is 12.1 Å². The molecule has 0 saturated heterocycles. The zero-order chi connectivity index (χ0) is 17.6. The molecule has 24 heavy (non-hydrogen) atoms. The van der Waals surface area contributed by atoms with E-state index < -0.39 is 0 Å². The van der Waals surface area contributed by atoms with Gasteiger partial charge in [-0.05, 0) is 25.8 Å². The van der Waals surface area contributed by atoms with Gasteiger partial charge < -0.3 is 17.7 Å². The molecule has 0 saturated carbocycles. The van der Waals surface area contributed by atoms with Gasteiger partial charge in [0.2, 0.25) is 5.91 Å². The number of hydrogen-bond donors (Lipinski definition) is 1. The van der Waals surface area contributed by atoms with Crippen LogP contribution in [0.3, 0.4) is 0 Å². The fraction of sp³-hybridized carbons (Fsp3) is 0.850. The number of unbranched alkanes of at least 4 members (excludes halogenated alkanes) is 8. The first-order valence-corrected chi connectivity index (χ1v) is 9.72. The van der Waals surface area contributed by atoms with Crippen molar-refractivity contribution in [2.45, 2.75) is 84.5 Å². The largest absolute Gasteiger partial charge is 1.00 e. The number of nitrogens with one attached hydrogen (secondary N) is 1. The quantitative estimate of drug-likeness (QED) is 0.351. The van der Waals surface area contributed by atoms with Gasteiger partial charge in [0.05, 0.1) is 20.6 Å². The summed E-state index contributed by atoms with van der Waals surface area (Å²) in [6.07, 6.45) is 13.3. The lowest BCUT2D eigenvalue weighted by Gasteiger charge is -2.31. The van der Waals surface area contributed by atoms with E-state index in [1.165, 1.54) is 51.4 Å². The molecule has 3 nitrogen and oxygen atoms in total. The number of hydrogen-bond acceptors (Lipinski definition) is 1. The molecule has 1 N–H and O–H groups in total. The first kappa shape index (κ1) is 25.7. The molecule has 1 amide bonds. The van der Waals surface area contributed by atoms with Crippen LogP contribution in [0.4, 0.5) is 0 Å². The minimum absolute atomic E-state index is 0. The Kier molecular flexibility index (Phi) is 17.1. The summed E-state index contributed by atoms with van der Waals surface area (Å²) in [6.45, 7) is 10.4. The van der Waals surface area contributed by atoms with Gasteiger partial charge in [-0.2, -0.15) is 0 Å². The molecule has 0 rings (SSSR count). The van der Waals surface area contributed by atoms with E-state index in [2.05, 4.69) is 39.8 Å². The first-order valence-electron chi connectivity index (χ1n) is 9.72. The normalized spacial score (nSPS) is 11.0. The maximum atomic E-state index is 11.9. The van der Waals surface area contributed by atoms with Crippen molar-refractivity contribution in [3.05, 3.63) is 12.3 Å². The summed E-state index contributed by atoms with van der Waals surface area (Å²) in [5.74, 6) is 0.116. The van der Waals surface area contributed by atoms with Crippen LogP contribution >= 0.6 is 0 Å². The van der Waals surface area contributed by atoms with Crippen molar-refractivity contribution in [2.75, 3.05) is 27.2 Å². The van der Waals surface area contributed by atoms with Gasteiger partial charge in [-0.15, -0.1) is 0 Å². The van der Waals surface area contributed by atoms with Gasteiger partial charge in [0.25, 0.3) is 0 Å². The Labute approximate surface area is 157 Å². The van der Waals surface area contributed by atoms with Gasteiger partial charge in [-0.25, -0.2) is 0 Å². The van der Waals surface area contributed by atoms with Gasteiger partial charge >= 0.3 is 0 Å². The zero-order valence-electron chi connectivity index (χ0n) is 16.6. The average molecular weight is 361 g/mol. The summed E-state index contributed by atoms with van der Waals surface area (Å²) in [6, 6.07) is 0. The lowest BCUT2D eigenvalue weighted by Crippen LogP contribution is -3.00. The van der Waals surface area contributed by atoms with Crippen molar-refractivity contribution in [1.29, 1.82) is 0 Å². The molecule has 0 unspecified atom stereocenters. The second kappa shape index (κ2) is 16.0. The molecule has 144 valence electrons. The van der Waals surface area contributed by atoms with Gasteiger partial charge in [-0.1, -0.05) is 58.8 Å². The highest BCUT2D eigenvalue weighted by Crippen LogP contribution is 2.16. The average Bonchev–Trinajstić information content (AvgIpc) is 2.50. The van der Waals surface area contributed by atoms with Crippen molar-refractivity contribution in [1.82, 2.24) is 5.32 Å². The Morgan fingerprint density at radius 2 is 1.38 bits per heavy atom. The number of rotatable bonds is 15. The maximum Gasteiger partial charge on any atom is 0.229 e. The van der Waals surface area contributed by atoms with Crippen LogP contribution in [0.15, 0.2) is 12.3 Å². The number of quaternary nitrogens is 1. The van der Waals surface area contributed by atoms with E-state index in [0.29, 0.717) is 6.42 Å². The molecule has 0 bridgehead atoms. The Morgan fingerprint density at radius 1 is 0.875 bits per heavy atom. The molecule has 0 spiro atoms. The zero-order valence-corrected chi connectivity index (χ0v) is 17.4. The predicted octanol–water partition coefficient (Wildman–Crippen LogP) is 2.03. The predicted molar refractivity (Wildman–Crippen MR) is 101 cm³/mol. The molecule has 0 aromatic carbocycles. The fourth-order valence-corrected chi connectivity index (χ4v) is 2.67. The third-order valence-corrected chi connectivity index (χ3v) is 4.64. The number of amides is 1. The third kappa shape index (κ3) is 13.9. The summed E-state index contributed by atoms with van der Waals surface area (Å²) in [5.41, 5.74) is 1.02. The molecule has 0 aromatic rings. The number of carbonyl (C=O) groups excluding carboxylic acids is 1. The molecular formula is C20H41ClN2O.